The van der Waals surface area contributed by atoms with Gasteiger partial charge >= 0.3 is 0 Å². The normalized spacial score (nSPS) is 10.6. The van der Waals surface area contributed by atoms with E-state index in [0.717, 1.165) is 11.6 Å². The molecule has 0 bridgehead atoms. The third-order valence-corrected chi connectivity index (χ3v) is 3.61. The van der Waals surface area contributed by atoms with E-state index in [-0.39, 0.29) is 17.9 Å². The summed E-state index contributed by atoms with van der Waals surface area (Å²) >= 11 is 5.84. The number of nitro benzene ring substituents is 2. The fourth-order valence-corrected chi connectivity index (χ4v) is 2.34. The number of halogens is 1. The summed E-state index contributed by atoms with van der Waals surface area (Å²) < 4.78 is 1.39. The van der Waals surface area contributed by atoms with Gasteiger partial charge in [-0.25, -0.2) is 4.68 Å². The fraction of sp³-hybridized carbons (Fsp3) is 0.0714. The average Bonchev–Trinajstić information content (AvgIpc) is 3.04. The molecular formula is C14H9ClN6O4. The van der Waals surface area contributed by atoms with E-state index in [1.165, 1.54) is 16.8 Å². The zero-order valence-corrected chi connectivity index (χ0v) is 13.2. The summed E-state index contributed by atoms with van der Waals surface area (Å²) in [5.74, 6) is 0.182. The Morgan fingerprint density at radius 3 is 2.16 bits per heavy atom. The molecule has 25 heavy (non-hydrogen) atoms. The van der Waals surface area contributed by atoms with Crippen LogP contribution >= 0.6 is 11.6 Å². The van der Waals surface area contributed by atoms with Crippen LogP contribution in [0.1, 0.15) is 5.56 Å². The van der Waals surface area contributed by atoms with E-state index in [0.29, 0.717) is 5.02 Å². The second-order valence-electron chi connectivity index (χ2n) is 5.04. The Balaban J connectivity index is 2.03. The minimum Gasteiger partial charge on any atom is -0.258 e. The molecule has 0 aliphatic heterocycles. The molecule has 0 unspecified atom stereocenters. The van der Waals surface area contributed by atoms with Gasteiger partial charge in [-0.05, 0) is 28.1 Å². The third-order valence-electron chi connectivity index (χ3n) is 3.36. The van der Waals surface area contributed by atoms with E-state index in [4.69, 9.17) is 11.6 Å². The summed E-state index contributed by atoms with van der Waals surface area (Å²) in [6.45, 7) is 0.274. The Morgan fingerprint density at radius 1 is 1.00 bits per heavy atom. The van der Waals surface area contributed by atoms with Gasteiger partial charge in [-0.1, -0.05) is 23.7 Å². The fourth-order valence-electron chi connectivity index (χ4n) is 2.22. The molecule has 3 aromatic rings. The predicted octanol–water partition coefficient (Wildman–Crippen LogP) is 2.86. The molecule has 0 fully saturated rings. The number of nitrogens with zero attached hydrogens (tertiary/aromatic N) is 6. The topological polar surface area (TPSA) is 130 Å². The molecule has 0 aliphatic carbocycles. The number of rotatable bonds is 5. The monoisotopic (exact) mass is 360 g/mol. The Hall–Kier alpha value is -3.40. The molecule has 0 spiro atoms. The molecular weight excluding hydrogens is 352 g/mol. The van der Waals surface area contributed by atoms with E-state index in [1.54, 1.807) is 24.3 Å². The van der Waals surface area contributed by atoms with Crippen molar-refractivity contribution < 1.29 is 9.85 Å². The molecule has 0 saturated heterocycles. The molecule has 1 aromatic heterocycles. The molecule has 2 aromatic carbocycles. The van der Waals surface area contributed by atoms with Crippen LogP contribution in [0.2, 0.25) is 5.02 Å². The minimum absolute atomic E-state index is 0.180. The van der Waals surface area contributed by atoms with Crippen LogP contribution in [0.15, 0.2) is 42.5 Å². The van der Waals surface area contributed by atoms with Crippen molar-refractivity contribution in [1.82, 2.24) is 20.2 Å². The van der Waals surface area contributed by atoms with Gasteiger partial charge < -0.3 is 0 Å². The van der Waals surface area contributed by atoms with Gasteiger partial charge in [0.25, 0.3) is 11.4 Å². The lowest BCUT2D eigenvalue weighted by atomic mass is 10.1. The van der Waals surface area contributed by atoms with Crippen molar-refractivity contribution in [2.45, 2.75) is 6.54 Å². The van der Waals surface area contributed by atoms with Crippen molar-refractivity contribution in [2.24, 2.45) is 0 Å². The van der Waals surface area contributed by atoms with Crippen LogP contribution in [0.4, 0.5) is 11.4 Å². The summed E-state index contributed by atoms with van der Waals surface area (Å²) in [6, 6.07) is 10.2. The molecule has 3 rings (SSSR count). The highest BCUT2D eigenvalue weighted by Crippen LogP contribution is 2.28. The van der Waals surface area contributed by atoms with E-state index >= 15 is 0 Å². The summed E-state index contributed by atoms with van der Waals surface area (Å²) in [6.07, 6.45) is 0. The molecule has 1 heterocycles. The minimum atomic E-state index is -0.705. The van der Waals surface area contributed by atoms with Crippen LogP contribution in [0.25, 0.3) is 11.4 Å². The van der Waals surface area contributed by atoms with Crippen LogP contribution in [-0.2, 0) is 6.54 Å². The van der Waals surface area contributed by atoms with Gasteiger partial charge in [0.2, 0.25) is 0 Å². The van der Waals surface area contributed by atoms with Gasteiger partial charge in [0, 0.05) is 22.7 Å². The van der Waals surface area contributed by atoms with Crippen molar-refractivity contribution in [3.63, 3.8) is 0 Å². The number of hydrogen-bond donors (Lipinski definition) is 0. The highest BCUT2D eigenvalue weighted by molar-refractivity contribution is 6.30. The summed E-state index contributed by atoms with van der Waals surface area (Å²) in [7, 11) is 0. The summed E-state index contributed by atoms with van der Waals surface area (Å²) in [5.41, 5.74) is 0.202. The van der Waals surface area contributed by atoms with Crippen LogP contribution < -0.4 is 0 Å². The molecule has 0 saturated carbocycles. The smallest absolute Gasteiger partial charge is 0.258 e. The average molecular weight is 361 g/mol. The second-order valence-corrected chi connectivity index (χ2v) is 5.48. The number of tetrazole rings is 1. The molecule has 0 N–H and O–H groups in total. The second kappa shape index (κ2) is 6.61. The number of hydrogen-bond acceptors (Lipinski definition) is 7. The highest BCUT2D eigenvalue weighted by Gasteiger charge is 2.20. The van der Waals surface area contributed by atoms with Crippen molar-refractivity contribution in [1.29, 1.82) is 0 Å². The molecule has 126 valence electrons. The number of aromatic nitrogens is 4. The van der Waals surface area contributed by atoms with Crippen molar-refractivity contribution in [3.8, 4) is 11.4 Å². The van der Waals surface area contributed by atoms with Crippen LogP contribution in [0, 0.1) is 20.2 Å². The van der Waals surface area contributed by atoms with E-state index in [1.807, 2.05) is 0 Å². The van der Waals surface area contributed by atoms with Gasteiger partial charge in [0.1, 0.15) is 0 Å². The molecule has 11 heteroatoms. The largest absolute Gasteiger partial charge is 0.277 e. The lowest BCUT2D eigenvalue weighted by Gasteiger charge is -2.05. The van der Waals surface area contributed by atoms with Crippen LogP contribution in [0.5, 0.6) is 0 Å². The van der Waals surface area contributed by atoms with Gasteiger partial charge in [0.05, 0.1) is 22.5 Å². The Labute approximate surface area is 145 Å². The highest BCUT2D eigenvalue weighted by atomic mass is 35.5. The molecule has 0 amide bonds. The van der Waals surface area contributed by atoms with Crippen LogP contribution in [-0.4, -0.2) is 30.1 Å². The molecule has 10 nitrogen and oxygen atoms in total. The molecule has 0 atom stereocenters. The van der Waals surface area contributed by atoms with Gasteiger partial charge in [-0.3, -0.25) is 20.2 Å². The predicted molar refractivity (Wildman–Crippen MR) is 87.1 cm³/mol. The van der Waals surface area contributed by atoms with Gasteiger partial charge in [-0.15, -0.1) is 5.10 Å². The Morgan fingerprint density at radius 2 is 1.60 bits per heavy atom. The molecule has 0 aliphatic rings. The van der Waals surface area contributed by atoms with Gasteiger partial charge in [0.15, 0.2) is 5.82 Å². The first-order valence-electron chi connectivity index (χ1n) is 6.89. The summed E-state index contributed by atoms with van der Waals surface area (Å²) in [5, 5.41) is 33.8. The zero-order chi connectivity index (χ0) is 18.0. The number of nitro groups is 2. The maximum atomic E-state index is 11.0. The standard InChI is InChI=1S/C14H9ClN6O4/c15-11-3-1-9(2-4-11)8-19-14(16-17-18-19)10-5-12(20(22)23)7-13(6-10)21(24)25/h1-7H,8H2. The SMILES string of the molecule is O=[N+]([O-])c1cc(-c2nnnn2Cc2ccc(Cl)cc2)cc([N+](=O)[O-])c1. The zero-order valence-electron chi connectivity index (χ0n) is 12.4. The first kappa shape index (κ1) is 16.5. The van der Waals surface area contributed by atoms with Crippen molar-refractivity contribution >= 4 is 23.0 Å². The maximum absolute atomic E-state index is 11.0. The van der Waals surface area contributed by atoms with Crippen molar-refractivity contribution in [3.05, 3.63) is 73.3 Å². The van der Waals surface area contributed by atoms with E-state index in [2.05, 4.69) is 15.5 Å². The lowest BCUT2D eigenvalue weighted by Crippen LogP contribution is -2.05. The van der Waals surface area contributed by atoms with Crippen molar-refractivity contribution in [2.75, 3.05) is 0 Å². The first-order chi connectivity index (χ1) is 11.9. The lowest BCUT2D eigenvalue weighted by molar-refractivity contribution is -0.394. The van der Waals surface area contributed by atoms with Crippen LogP contribution in [0.3, 0.4) is 0 Å². The van der Waals surface area contributed by atoms with Gasteiger partial charge in [-0.2, -0.15) is 0 Å². The Kier molecular flexibility index (Phi) is 4.35. The number of non-ortho nitro benzene ring substituents is 2. The van der Waals surface area contributed by atoms with E-state index in [9.17, 15) is 20.2 Å². The molecule has 0 radical (unpaired) electrons. The quantitative estimate of drug-likeness (QED) is 0.505. The van der Waals surface area contributed by atoms with E-state index < -0.39 is 21.2 Å². The summed E-state index contributed by atoms with van der Waals surface area (Å²) in [4.78, 5) is 20.6. The number of benzene rings is 2. The third kappa shape index (κ3) is 3.58. The Bertz CT molecular complexity index is 924. The first-order valence-corrected chi connectivity index (χ1v) is 7.26. The maximum Gasteiger partial charge on any atom is 0.277 e.